The van der Waals surface area contributed by atoms with Crippen LogP contribution in [0.1, 0.15) is 22.5 Å². The summed E-state index contributed by atoms with van der Waals surface area (Å²) in [6.45, 7) is -1.47. The third-order valence-electron chi connectivity index (χ3n) is 12.3. The average molecular weight is 923 g/mol. The van der Waals surface area contributed by atoms with E-state index in [1.807, 2.05) is 0 Å². The van der Waals surface area contributed by atoms with E-state index < -0.39 is 87.1 Å². The smallest absolute Gasteiger partial charge is 0.310 e. The molecule has 0 bridgehead atoms. The van der Waals surface area contributed by atoms with Crippen molar-refractivity contribution in [2.75, 3.05) is 9.80 Å². The molecule has 0 saturated carbocycles. The molecule has 0 saturated heterocycles. The number of benzene rings is 7. The van der Waals surface area contributed by atoms with Gasteiger partial charge in [-0.3, -0.25) is 0 Å². The number of hydrogen-bond acceptors (Lipinski definition) is 2. The van der Waals surface area contributed by atoms with E-state index in [0.717, 1.165) is 18.2 Å². The molecular formula is C50H27BF12N4. The Morgan fingerprint density at radius 1 is 0.343 bits per heavy atom. The van der Waals surface area contributed by atoms with E-state index in [1.165, 1.54) is 34.1 Å². The Bertz CT molecular complexity index is 3110. The minimum absolute atomic E-state index is 0.202. The molecule has 7 aromatic carbocycles. The molecule has 0 aliphatic carbocycles. The van der Waals surface area contributed by atoms with Crippen LogP contribution >= 0.6 is 0 Å². The Balaban J connectivity index is 1.33. The zero-order chi connectivity index (χ0) is 46.9. The fraction of sp³-hybridized carbons (Fsp3) is 0.0800. The second-order valence-electron chi connectivity index (χ2n) is 16.1. The number of nitrogens with zero attached hydrogens (tertiary/aromatic N) is 4. The SMILES string of the molecule is FC(F)(F)c1c(C(F)(F)F)n2c3c(ccc(N(c4ccccc4)c4ccccc4)c13)B1c3c-2cccc3-n2c(C(F)(F)F)c(C(F)(F)F)c3c(N(c4ccccc4)c4ccccc4)ccc1c32. The first-order chi connectivity index (χ1) is 31.9. The minimum atomic E-state index is -5.74. The normalized spacial score (nSPS) is 13.3. The zero-order valence-corrected chi connectivity index (χ0v) is 34.0. The van der Waals surface area contributed by atoms with Crippen LogP contribution in [0.15, 0.2) is 164 Å². The lowest BCUT2D eigenvalue weighted by molar-refractivity contribution is -0.164. The molecule has 0 atom stereocenters. The number of hydrogen-bond donors (Lipinski definition) is 0. The van der Waals surface area contributed by atoms with Crippen LogP contribution < -0.4 is 26.2 Å². The Labute approximate surface area is 372 Å². The van der Waals surface area contributed by atoms with Crippen LogP contribution in [0.2, 0.25) is 0 Å². The predicted octanol–water partition coefficient (Wildman–Crippen LogP) is 13.7. The van der Waals surface area contributed by atoms with Crippen molar-refractivity contribution in [3.63, 3.8) is 0 Å². The fourth-order valence-corrected chi connectivity index (χ4v) is 10.1. The summed E-state index contributed by atoms with van der Waals surface area (Å²) in [7, 11) is 0. The van der Waals surface area contributed by atoms with Crippen LogP contribution in [-0.2, 0) is 24.7 Å². The van der Waals surface area contributed by atoms with Crippen LogP contribution in [0.3, 0.4) is 0 Å². The lowest BCUT2D eigenvalue weighted by Gasteiger charge is -2.35. The molecule has 0 fully saturated rings. The van der Waals surface area contributed by atoms with Gasteiger partial charge in [0, 0.05) is 44.9 Å². The topological polar surface area (TPSA) is 16.3 Å². The molecular weight excluding hydrogens is 895 g/mol. The maximum atomic E-state index is 15.8. The highest BCUT2D eigenvalue weighted by Gasteiger charge is 2.55. The third-order valence-corrected chi connectivity index (χ3v) is 12.3. The zero-order valence-electron chi connectivity index (χ0n) is 34.0. The highest BCUT2D eigenvalue weighted by molar-refractivity contribution is 7.00. The van der Waals surface area contributed by atoms with E-state index in [4.69, 9.17) is 0 Å². The Hall–Kier alpha value is -7.56. The second-order valence-corrected chi connectivity index (χ2v) is 16.1. The molecule has 9 aromatic rings. The molecule has 0 amide bonds. The largest absolute Gasteiger partial charge is 0.432 e. The van der Waals surface area contributed by atoms with Crippen molar-refractivity contribution in [3.05, 3.63) is 186 Å². The summed E-state index contributed by atoms with van der Waals surface area (Å²) in [5, 5.41) is -1.75. The molecule has 334 valence electrons. The lowest BCUT2D eigenvalue weighted by Crippen LogP contribution is -2.59. The summed E-state index contributed by atoms with van der Waals surface area (Å²) in [5.74, 6) is 0. The number of anilines is 6. The van der Waals surface area contributed by atoms with Gasteiger partial charge in [-0.2, -0.15) is 52.7 Å². The monoisotopic (exact) mass is 922 g/mol. The molecule has 0 spiro atoms. The molecule has 67 heavy (non-hydrogen) atoms. The van der Waals surface area contributed by atoms with Gasteiger partial charge >= 0.3 is 24.7 Å². The van der Waals surface area contributed by atoms with Crippen LogP contribution in [0.25, 0.3) is 33.2 Å². The van der Waals surface area contributed by atoms with Gasteiger partial charge < -0.3 is 18.9 Å². The number of alkyl halides is 12. The Morgan fingerprint density at radius 3 is 0.940 bits per heavy atom. The van der Waals surface area contributed by atoms with Crippen molar-refractivity contribution in [1.82, 2.24) is 9.13 Å². The minimum Gasteiger partial charge on any atom is -0.310 e. The Kier molecular flexibility index (Phi) is 9.09. The van der Waals surface area contributed by atoms with Gasteiger partial charge in [0.2, 0.25) is 0 Å². The molecule has 2 aliphatic heterocycles. The van der Waals surface area contributed by atoms with E-state index in [2.05, 4.69) is 0 Å². The van der Waals surface area contributed by atoms with Gasteiger partial charge in [0.05, 0.1) is 33.5 Å². The van der Waals surface area contributed by atoms with Crippen LogP contribution in [0, 0.1) is 0 Å². The van der Waals surface area contributed by atoms with Crippen LogP contribution in [0.4, 0.5) is 86.8 Å². The summed E-state index contributed by atoms with van der Waals surface area (Å²) >= 11 is 0. The van der Waals surface area contributed by atoms with Gasteiger partial charge in [-0.1, -0.05) is 91.0 Å². The highest BCUT2D eigenvalue weighted by atomic mass is 19.4. The van der Waals surface area contributed by atoms with Crippen molar-refractivity contribution in [3.8, 4) is 11.4 Å². The van der Waals surface area contributed by atoms with Crippen molar-refractivity contribution in [2.45, 2.75) is 24.7 Å². The lowest BCUT2D eigenvalue weighted by atomic mass is 9.34. The number of aromatic nitrogens is 2. The van der Waals surface area contributed by atoms with Crippen molar-refractivity contribution >= 4 is 79.0 Å². The summed E-state index contributed by atoms with van der Waals surface area (Å²) in [5.41, 5.74) is -10.9. The van der Waals surface area contributed by atoms with Crippen molar-refractivity contribution in [1.29, 1.82) is 0 Å². The number of para-hydroxylation sites is 4. The first-order valence-electron chi connectivity index (χ1n) is 20.5. The molecule has 0 N–H and O–H groups in total. The molecule has 11 rings (SSSR count). The van der Waals surface area contributed by atoms with Crippen molar-refractivity contribution in [2.24, 2.45) is 0 Å². The number of fused-ring (bicyclic) bond motifs is 4. The van der Waals surface area contributed by atoms with Gasteiger partial charge in [-0.25, -0.2) is 0 Å². The molecule has 0 radical (unpaired) electrons. The third kappa shape index (κ3) is 6.26. The first-order valence-corrected chi connectivity index (χ1v) is 20.5. The van der Waals surface area contributed by atoms with Crippen LogP contribution in [0.5, 0.6) is 0 Å². The first kappa shape index (κ1) is 42.1. The predicted molar refractivity (Wildman–Crippen MR) is 234 cm³/mol. The van der Waals surface area contributed by atoms with E-state index in [0.29, 0.717) is 9.13 Å². The summed E-state index contributed by atoms with van der Waals surface area (Å²) in [6.07, 6.45) is -22.8. The quantitative estimate of drug-likeness (QED) is 0.122. The van der Waals surface area contributed by atoms with Gasteiger partial charge in [-0.15, -0.1) is 0 Å². The second kappa shape index (κ2) is 14.5. The highest BCUT2D eigenvalue weighted by Crippen LogP contribution is 2.55. The molecule has 17 heteroatoms. The molecule has 2 aliphatic rings. The van der Waals surface area contributed by atoms with Crippen LogP contribution in [-0.4, -0.2) is 15.8 Å². The fourth-order valence-electron chi connectivity index (χ4n) is 10.1. The molecule has 2 aromatic heterocycles. The maximum Gasteiger partial charge on any atom is 0.432 e. The number of halogens is 12. The van der Waals surface area contributed by atoms with Gasteiger partial charge in [0.15, 0.2) is 0 Å². The average Bonchev–Trinajstić information content (AvgIpc) is 3.87. The Morgan fingerprint density at radius 2 is 0.657 bits per heavy atom. The van der Waals surface area contributed by atoms with Crippen molar-refractivity contribution < 1.29 is 52.7 Å². The summed E-state index contributed by atoms with van der Waals surface area (Å²) in [6, 6.07) is 40.1. The summed E-state index contributed by atoms with van der Waals surface area (Å²) in [4.78, 5) is 2.74. The van der Waals surface area contributed by atoms with E-state index in [1.54, 1.807) is 121 Å². The van der Waals surface area contributed by atoms with Gasteiger partial charge in [0.25, 0.3) is 6.71 Å². The van der Waals surface area contributed by atoms with Gasteiger partial charge in [-0.05, 0) is 89.2 Å². The van der Waals surface area contributed by atoms with E-state index >= 15 is 52.7 Å². The molecule has 0 unspecified atom stereocenters. The number of rotatable bonds is 6. The van der Waals surface area contributed by atoms with E-state index in [-0.39, 0.29) is 50.5 Å². The maximum absolute atomic E-state index is 15.8. The van der Waals surface area contributed by atoms with Gasteiger partial charge in [0.1, 0.15) is 11.4 Å². The standard InChI is InChI=1S/C50H27BF12N4/c52-47(53,54)40-38-34(64(28-14-5-1-6-15-28)29-16-7-2-8-17-29)26-24-32-43(38)66(45(40)49(58,59)60)36-22-13-23-37-42(36)51(32)33-25-27-35(65(30-18-9-3-10-19-30)31-20-11-4-12-21-31)39-41(48(55,56)57)46(50(61,62)63)67(37)44(33)39/h1-27H. The summed E-state index contributed by atoms with van der Waals surface area (Å²) < 4.78 is 190. The molecule has 4 nitrogen and oxygen atoms in total. The molecule has 4 heterocycles. The van der Waals surface area contributed by atoms with E-state index in [9.17, 15) is 0 Å².